The predicted molar refractivity (Wildman–Crippen MR) is 104 cm³/mol. The molecule has 0 amide bonds. The number of hydrogen-bond acceptors (Lipinski definition) is 4. The number of allylic oxidation sites excluding steroid dienone is 1. The van der Waals surface area contributed by atoms with Gasteiger partial charge in [0.05, 0.1) is 7.11 Å². The molecule has 1 aliphatic heterocycles. The van der Waals surface area contributed by atoms with Crippen LogP contribution in [-0.2, 0) is 6.54 Å². The zero-order chi connectivity index (χ0) is 18.4. The van der Waals surface area contributed by atoms with Gasteiger partial charge >= 0.3 is 0 Å². The Labute approximate surface area is 155 Å². The molecule has 3 rings (SSSR count). The van der Waals surface area contributed by atoms with Crippen LogP contribution in [0.5, 0.6) is 5.75 Å². The van der Waals surface area contributed by atoms with E-state index in [9.17, 15) is 4.79 Å². The lowest BCUT2D eigenvalue weighted by Gasteiger charge is -2.31. The Kier molecular flexibility index (Phi) is 6.08. The van der Waals surface area contributed by atoms with Crippen LogP contribution in [0.2, 0.25) is 0 Å². The molecular weight excluding hydrogens is 324 g/mol. The van der Waals surface area contributed by atoms with E-state index in [0.29, 0.717) is 23.8 Å². The predicted octanol–water partition coefficient (Wildman–Crippen LogP) is 3.73. The van der Waals surface area contributed by atoms with Crippen LogP contribution in [0.15, 0.2) is 60.8 Å². The van der Waals surface area contributed by atoms with Gasteiger partial charge in [-0.1, -0.05) is 36.4 Å². The fraction of sp³-hybridized carbons (Fsp3) is 0.318. The van der Waals surface area contributed by atoms with Gasteiger partial charge in [-0.15, -0.1) is 0 Å². The van der Waals surface area contributed by atoms with Gasteiger partial charge in [-0.2, -0.15) is 0 Å². The van der Waals surface area contributed by atoms with Gasteiger partial charge in [0.15, 0.2) is 5.78 Å². The molecule has 1 fully saturated rings. The first-order valence-corrected chi connectivity index (χ1v) is 9.09. The second-order valence-corrected chi connectivity index (χ2v) is 6.67. The molecule has 4 nitrogen and oxygen atoms in total. The van der Waals surface area contributed by atoms with Crippen LogP contribution in [0.4, 0.5) is 0 Å². The highest BCUT2D eigenvalue weighted by atomic mass is 16.5. The number of likely N-dealkylation sites (tertiary alicyclic amines) is 1. The molecule has 136 valence electrons. The van der Waals surface area contributed by atoms with Gasteiger partial charge in [0.2, 0.25) is 0 Å². The minimum Gasteiger partial charge on any atom is -0.497 e. The number of nitrogens with zero attached hydrogens (tertiary/aromatic N) is 1. The van der Waals surface area contributed by atoms with E-state index in [-0.39, 0.29) is 5.78 Å². The monoisotopic (exact) mass is 350 g/mol. The van der Waals surface area contributed by atoms with Gasteiger partial charge < -0.3 is 15.4 Å². The van der Waals surface area contributed by atoms with Crippen molar-refractivity contribution in [3.63, 3.8) is 0 Å². The molecule has 0 aromatic heterocycles. The molecule has 0 aliphatic carbocycles. The third kappa shape index (κ3) is 4.52. The number of ether oxygens (including phenoxy) is 1. The van der Waals surface area contributed by atoms with Crippen molar-refractivity contribution in [2.75, 3.05) is 20.2 Å². The standard InChI is InChI=1S/C22H26N2O2/c1-26-21-7-3-6-20(15-21)22(25)10-13-24-11-8-18(9-12-24)19-5-2-4-17(14-19)16-23/h2-7,10,13-15,18H,8-9,11-12,16,23H2,1H3/b13-10+. The Balaban J connectivity index is 1.56. The van der Waals surface area contributed by atoms with Crippen molar-refractivity contribution in [1.29, 1.82) is 0 Å². The minimum absolute atomic E-state index is 0.00155. The average Bonchev–Trinajstić information content (AvgIpc) is 2.72. The van der Waals surface area contributed by atoms with E-state index in [4.69, 9.17) is 10.5 Å². The summed E-state index contributed by atoms with van der Waals surface area (Å²) in [5, 5.41) is 0. The maximum atomic E-state index is 12.3. The second-order valence-electron chi connectivity index (χ2n) is 6.67. The highest BCUT2D eigenvalue weighted by Gasteiger charge is 2.19. The first-order valence-electron chi connectivity index (χ1n) is 9.09. The van der Waals surface area contributed by atoms with Crippen LogP contribution in [-0.4, -0.2) is 30.9 Å². The lowest BCUT2D eigenvalue weighted by molar-refractivity contribution is 0.104. The minimum atomic E-state index is 0.00155. The van der Waals surface area contributed by atoms with Crippen LogP contribution in [0.25, 0.3) is 0 Å². The van der Waals surface area contributed by atoms with Crippen molar-refractivity contribution in [1.82, 2.24) is 4.90 Å². The van der Waals surface area contributed by atoms with E-state index in [0.717, 1.165) is 25.9 Å². The molecule has 2 aromatic rings. The summed E-state index contributed by atoms with van der Waals surface area (Å²) in [4.78, 5) is 14.6. The van der Waals surface area contributed by atoms with Crippen LogP contribution in [0, 0.1) is 0 Å². The van der Waals surface area contributed by atoms with E-state index < -0.39 is 0 Å². The first-order chi connectivity index (χ1) is 12.7. The fourth-order valence-electron chi connectivity index (χ4n) is 3.40. The summed E-state index contributed by atoms with van der Waals surface area (Å²) >= 11 is 0. The molecular formula is C22H26N2O2. The number of rotatable bonds is 6. The number of carbonyl (C=O) groups excluding carboxylic acids is 1. The average molecular weight is 350 g/mol. The van der Waals surface area contributed by atoms with Gasteiger partial charge in [-0.05, 0) is 42.0 Å². The highest BCUT2D eigenvalue weighted by molar-refractivity contribution is 6.04. The smallest absolute Gasteiger partial charge is 0.187 e. The molecule has 4 heteroatoms. The fourth-order valence-corrected chi connectivity index (χ4v) is 3.40. The number of hydrogen-bond donors (Lipinski definition) is 1. The maximum Gasteiger partial charge on any atom is 0.187 e. The van der Waals surface area contributed by atoms with Gasteiger partial charge in [-0.25, -0.2) is 0 Å². The lowest BCUT2D eigenvalue weighted by Crippen LogP contribution is -2.28. The quantitative estimate of drug-likeness (QED) is 0.637. The van der Waals surface area contributed by atoms with Crippen molar-refractivity contribution < 1.29 is 9.53 Å². The summed E-state index contributed by atoms with van der Waals surface area (Å²) < 4.78 is 5.18. The van der Waals surface area contributed by atoms with Gasteiger partial charge in [-0.3, -0.25) is 4.79 Å². The van der Waals surface area contributed by atoms with Crippen LogP contribution in [0.3, 0.4) is 0 Å². The van der Waals surface area contributed by atoms with Crippen molar-refractivity contribution in [3.8, 4) is 5.75 Å². The van der Waals surface area contributed by atoms with Crippen molar-refractivity contribution in [2.45, 2.75) is 25.3 Å². The molecule has 0 radical (unpaired) electrons. The zero-order valence-corrected chi connectivity index (χ0v) is 15.2. The van der Waals surface area contributed by atoms with E-state index in [1.54, 1.807) is 19.3 Å². The number of nitrogens with two attached hydrogens (primary N) is 1. The third-order valence-electron chi connectivity index (χ3n) is 4.98. The van der Waals surface area contributed by atoms with Crippen molar-refractivity contribution in [2.24, 2.45) is 5.73 Å². The number of carbonyl (C=O) groups is 1. The summed E-state index contributed by atoms with van der Waals surface area (Å²) in [5.41, 5.74) is 8.96. The summed E-state index contributed by atoms with van der Waals surface area (Å²) in [7, 11) is 1.60. The Morgan fingerprint density at radius 3 is 2.69 bits per heavy atom. The molecule has 26 heavy (non-hydrogen) atoms. The molecule has 0 unspecified atom stereocenters. The Morgan fingerprint density at radius 2 is 1.96 bits per heavy atom. The molecule has 2 N–H and O–H groups in total. The summed E-state index contributed by atoms with van der Waals surface area (Å²) in [6.07, 6.45) is 5.76. The number of benzene rings is 2. The molecule has 0 saturated carbocycles. The maximum absolute atomic E-state index is 12.3. The summed E-state index contributed by atoms with van der Waals surface area (Å²) in [5.74, 6) is 1.27. The summed E-state index contributed by atoms with van der Waals surface area (Å²) in [6, 6.07) is 15.8. The molecule has 1 saturated heterocycles. The molecule has 0 atom stereocenters. The molecule has 0 bridgehead atoms. The molecule has 1 aliphatic rings. The Hall–Kier alpha value is -2.59. The normalized spacial score (nSPS) is 15.4. The first kappa shape index (κ1) is 18.2. The zero-order valence-electron chi connectivity index (χ0n) is 15.2. The molecule has 2 aromatic carbocycles. The number of piperidine rings is 1. The van der Waals surface area contributed by atoms with E-state index in [2.05, 4.69) is 29.2 Å². The van der Waals surface area contributed by atoms with Crippen molar-refractivity contribution in [3.05, 3.63) is 77.5 Å². The highest BCUT2D eigenvalue weighted by Crippen LogP contribution is 2.28. The second kappa shape index (κ2) is 8.68. The van der Waals surface area contributed by atoms with Gasteiger partial charge in [0, 0.05) is 37.5 Å². The third-order valence-corrected chi connectivity index (χ3v) is 4.98. The Morgan fingerprint density at radius 1 is 1.19 bits per heavy atom. The van der Waals surface area contributed by atoms with Crippen LogP contribution in [0.1, 0.15) is 40.2 Å². The SMILES string of the molecule is COc1cccc(C(=O)/C=C/N2CCC(c3cccc(CN)c3)CC2)c1. The Bertz CT molecular complexity index is 777. The molecule has 1 heterocycles. The molecule has 0 spiro atoms. The largest absolute Gasteiger partial charge is 0.497 e. The number of methoxy groups -OCH3 is 1. The van der Waals surface area contributed by atoms with E-state index >= 15 is 0 Å². The van der Waals surface area contributed by atoms with Crippen LogP contribution < -0.4 is 10.5 Å². The van der Waals surface area contributed by atoms with Gasteiger partial charge in [0.25, 0.3) is 0 Å². The lowest BCUT2D eigenvalue weighted by atomic mass is 9.88. The van der Waals surface area contributed by atoms with E-state index in [1.807, 2.05) is 24.4 Å². The van der Waals surface area contributed by atoms with Crippen LogP contribution >= 0.6 is 0 Å². The summed E-state index contributed by atoms with van der Waals surface area (Å²) in [6.45, 7) is 2.50. The van der Waals surface area contributed by atoms with E-state index in [1.165, 1.54) is 11.1 Å². The van der Waals surface area contributed by atoms with Crippen molar-refractivity contribution >= 4 is 5.78 Å². The topological polar surface area (TPSA) is 55.6 Å². The number of ketones is 1. The van der Waals surface area contributed by atoms with Gasteiger partial charge in [0.1, 0.15) is 5.75 Å².